The Kier molecular flexibility index (Phi) is 6.17. The van der Waals surface area contributed by atoms with Crippen molar-refractivity contribution in [3.8, 4) is 0 Å². The van der Waals surface area contributed by atoms with E-state index in [2.05, 4.69) is 41.8 Å². The lowest BCUT2D eigenvalue weighted by molar-refractivity contribution is 0.188. The first-order valence-electron chi connectivity index (χ1n) is 7.92. The van der Waals surface area contributed by atoms with Crippen LogP contribution in [0.3, 0.4) is 0 Å². The first-order valence-corrected chi connectivity index (χ1v) is 8.30. The molecule has 5 nitrogen and oxygen atoms in total. The van der Waals surface area contributed by atoms with Gasteiger partial charge in [0.25, 0.3) is 0 Å². The van der Waals surface area contributed by atoms with Crippen molar-refractivity contribution in [2.24, 2.45) is 0 Å². The molecule has 0 saturated carbocycles. The minimum atomic E-state index is 0.155. The fraction of sp³-hybridized carbons (Fsp3) is 0.625. The largest absolute Gasteiger partial charge is 0.395 e. The van der Waals surface area contributed by atoms with Crippen LogP contribution >= 0.6 is 11.6 Å². The Morgan fingerprint density at radius 1 is 1.36 bits per heavy atom. The second-order valence-corrected chi connectivity index (χ2v) is 6.25. The minimum absolute atomic E-state index is 0.155. The first kappa shape index (κ1) is 17.2. The Morgan fingerprint density at radius 3 is 2.77 bits per heavy atom. The third kappa shape index (κ3) is 3.97. The molecule has 2 rings (SSSR count). The summed E-state index contributed by atoms with van der Waals surface area (Å²) in [6.45, 7) is 8.78. The maximum Gasteiger partial charge on any atom is 0.159 e. The molecule has 0 atom stereocenters. The van der Waals surface area contributed by atoms with Gasteiger partial charge in [0.15, 0.2) is 5.65 Å². The third-order valence-corrected chi connectivity index (χ3v) is 4.05. The molecular weight excluding hydrogens is 300 g/mol. The number of halogens is 1. The van der Waals surface area contributed by atoms with Crippen LogP contribution in [0.15, 0.2) is 12.3 Å². The number of pyridine rings is 1. The lowest BCUT2D eigenvalue weighted by atomic mass is 10.2. The van der Waals surface area contributed by atoms with Crippen molar-refractivity contribution in [2.75, 3.05) is 19.7 Å². The number of aromatic nitrogens is 3. The van der Waals surface area contributed by atoms with Crippen molar-refractivity contribution in [3.05, 3.63) is 23.0 Å². The molecule has 0 radical (unpaired) electrons. The molecule has 0 aliphatic rings. The summed E-state index contributed by atoms with van der Waals surface area (Å²) >= 11 is 6.37. The summed E-state index contributed by atoms with van der Waals surface area (Å²) in [7, 11) is 0. The molecule has 22 heavy (non-hydrogen) atoms. The molecule has 1 N–H and O–H groups in total. The molecule has 0 aromatic carbocycles. The van der Waals surface area contributed by atoms with Gasteiger partial charge in [-0.05, 0) is 32.9 Å². The number of nitrogens with zero attached hydrogens (tertiary/aromatic N) is 4. The van der Waals surface area contributed by atoms with E-state index >= 15 is 0 Å². The van der Waals surface area contributed by atoms with Crippen molar-refractivity contribution < 1.29 is 5.11 Å². The quantitative estimate of drug-likeness (QED) is 0.757. The van der Waals surface area contributed by atoms with E-state index in [0.29, 0.717) is 18.2 Å². The summed E-state index contributed by atoms with van der Waals surface area (Å²) in [4.78, 5) is 6.74. The van der Waals surface area contributed by atoms with Crippen LogP contribution in [-0.4, -0.2) is 44.5 Å². The Labute approximate surface area is 136 Å². The number of aliphatic hydroxyl groups is 1. The van der Waals surface area contributed by atoms with Crippen molar-refractivity contribution in [2.45, 2.75) is 46.2 Å². The molecule has 0 aliphatic heterocycles. The van der Waals surface area contributed by atoms with E-state index in [-0.39, 0.29) is 12.6 Å². The molecule has 0 saturated heterocycles. The number of fused-ring (bicyclic) bond motifs is 1. The van der Waals surface area contributed by atoms with Crippen LogP contribution in [0.25, 0.3) is 11.0 Å². The van der Waals surface area contributed by atoms with Gasteiger partial charge in [-0.3, -0.25) is 4.90 Å². The topological polar surface area (TPSA) is 54.2 Å². The zero-order chi connectivity index (χ0) is 16.1. The van der Waals surface area contributed by atoms with E-state index in [1.807, 2.05) is 10.9 Å². The molecule has 0 fully saturated rings. The maximum atomic E-state index is 9.22. The zero-order valence-corrected chi connectivity index (χ0v) is 14.3. The van der Waals surface area contributed by atoms with Crippen LogP contribution in [0.4, 0.5) is 0 Å². The van der Waals surface area contributed by atoms with Crippen LogP contribution in [-0.2, 0) is 6.54 Å². The highest BCUT2D eigenvalue weighted by molar-refractivity contribution is 6.30. The number of hydrogen-bond donors (Lipinski definition) is 1. The molecule has 0 bridgehead atoms. The van der Waals surface area contributed by atoms with Crippen LogP contribution in [0.2, 0.25) is 5.15 Å². The molecule has 0 spiro atoms. The van der Waals surface area contributed by atoms with Gasteiger partial charge in [0, 0.05) is 30.1 Å². The highest BCUT2D eigenvalue weighted by Crippen LogP contribution is 2.23. The average molecular weight is 325 g/mol. The summed E-state index contributed by atoms with van der Waals surface area (Å²) in [5, 5.41) is 15.1. The maximum absolute atomic E-state index is 9.22. The lowest BCUT2D eigenvalue weighted by Gasteiger charge is -2.21. The molecule has 0 unspecified atom stereocenters. The Morgan fingerprint density at radius 2 is 2.14 bits per heavy atom. The van der Waals surface area contributed by atoms with E-state index in [4.69, 9.17) is 11.6 Å². The lowest BCUT2D eigenvalue weighted by Crippen LogP contribution is -2.27. The van der Waals surface area contributed by atoms with Gasteiger partial charge in [0.2, 0.25) is 0 Å². The fourth-order valence-electron chi connectivity index (χ4n) is 2.52. The SMILES string of the molecule is CCCCN(CCO)Cc1cc2cnn(C(C)C)c2nc1Cl. The second-order valence-electron chi connectivity index (χ2n) is 5.89. The molecule has 122 valence electrons. The Balaban J connectivity index is 2.25. The summed E-state index contributed by atoms with van der Waals surface area (Å²) in [5.41, 5.74) is 1.81. The summed E-state index contributed by atoms with van der Waals surface area (Å²) in [6, 6.07) is 2.31. The zero-order valence-electron chi connectivity index (χ0n) is 13.6. The van der Waals surface area contributed by atoms with E-state index in [0.717, 1.165) is 36.0 Å². The van der Waals surface area contributed by atoms with E-state index < -0.39 is 0 Å². The van der Waals surface area contributed by atoms with Gasteiger partial charge in [-0.25, -0.2) is 9.67 Å². The minimum Gasteiger partial charge on any atom is -0.395 e. The van der Waals surface area contributed by atoms with Crippen molar-refractivity contribution >= 4 is 22.6 Å². The normalized spacial score (nSPS) is 12.0. The van der Waals surface area contributed by atoms with Gasteiger partial charge in [0.1, 0.15) is 5.15 Å². The molecule has 0 aliphatic carbocycles. The van der Waals surface area contributed by atoms with E-state index in [9.17, 15) is 5.11 Å². The molecule has 2 aromatic rings. The second kappa shape index (κ2) is 7.90. The molecule has 0 amide bonds. The first-order chi connectivity index (χ1) is 10.6. The monoisotopic (exact) mass is 324 g/mol. The predicted molar refractivity (Wildman–Crippen MR) is 90.2 cm³/mol. The van der Waals surface area contributed by atoms with Gasteiger partial charge in [-0.15, -0.1) is 0 Å². The van der Waals surface area contributed by atoms with Gasteiger partial charge in [-0.1, -0.05) is 24.9 Å². The standard InChI is InChI=1S/C16H25ClN4O/c1-4-5-6-20(7-8-22)11-14-9-13-10-18-21(12(2)3)16(13)19-15(14)17/h9-10,12,22H,4-8,11H2,1-3H3. The highest BCUT2D eigenvalue weighted by Gasteiger charge is 2.14. The third-order valence-electron chi connectivity index (χ3n) is 3.72. The number of rotatable bonds is 8. The van der Waals surface area contributed by atoms with Crippen molar-refractivity contribution in [1.29, 1.82) is 0 Å². The summed E-state index contributed by atoms with van der Waals surface area (Å²) in [5.74, 6) is 0. The predicted octanol–water partition coefficient (Wildman–Crippen LogP) is 3.26. The molecule has 2 aromatic heterocycles. The summed E-state index contributed by atoms with van der Waals surface area (Å²) < 4.78 is 1.88. The number of unbranched alkanes of at least 4 members (excludes halogenated alkanes) is 1. The van der Waals surface area contributed by atoms with Crippen LogP contribution in [0, 0.1) is 0 Å². The molecule has 2 heterocycles. The molecular formula is C16H25ClN4O. The fourth-order valence-corrected chi connectivity index (χ4v) is 2.72. The van der Waals surface area contributed by atoms with E-state index in [1.54, 1.807) is 0 Å². The van der Waals surface area contributed by atoms with Crippen molar-refractivity contribution in [1.82, 2.24) is 19.7 Å². The van der Waals surface area contributed by atoms with Crippen LogP contribution < -0.4 is 0 Å². The number of hydrogen-bond acceptors (Lipinski definition) is 4. The summed E-state index contributed by atoms with van der Waals surface area (Å²) in [6.07, 6.45) is 4.08. The van der Waals surface area contributed by atoms with Gasteiger partial charge in [-0.2, -0.15) is 5.10 Å². The van der Waals surface area contributed by atoms with Crippen LogP contribution in [0.1, 0.15) is 45.2 Å². The Hall–Kier alpha value is -1.17. The van der Waals surface area contributed by atoms with Crippen molar-refractivity contribution in [3.63, 3.8) is 0 Å². The highest BCUT2D eigenvalue weighted by atomic mass is 35.5. The van der Waals surface area contributed by atoms with Crippen LogP contribution in [0.5, 0.6) is 0 Å². The Bertz CT molecular complexity index is 611. The van der Waals surface area contributed by atoms with Gasteiger partial charge >= 0.3 is 0 Å². The molecule has 6 heteroatoms. The smallest absolute Gasteiger partial charge is 0.159 e. The van der Waals surface area contributed by atoms with Gasteiger partial charge in [0.05, 0.1) is 12.8 Å². The average Bonchev–Trinajstić information content (AvgIpc) is 2.88. The van der Waals surface area contributed by atoms with Gasteiger partial charge < -0.3 is 5.11 Å². The number of aliphatic hydroxyl groups excluding tert-OH is 1. The van der Waals surface area contributed by atoms with E-state index in [1.165, 1.54) is 0 Å².